The third-order valence-electron chi connectivity index (χ3n) is 3.28. The highest BCUT2D eigenvalue weighted by Gasteiger charge is 2.33. The van der Waals surface area contributed by atoms with Crippen LogP contribution in [0, 0.1) is 0 Å². The first-order valence-corrected chi connectivity index (χ1v) is 9.46. The summed E-state index contributed by atoms with van der Waals surface area (Å²) in [5.74, 6) is 2.28. The Balaban J connectivity index is 2.47. The molecule has 7 heteroatoms. The minimum atomic E-state index is -3.55. The number of methoxy groups -OCH3 is 1. The van der Waals surface area contributed by atoms with E-state index in [9.17, 15) is 8.42 Å². The molecule has 1 aliphatic rings. The van der Waals surface area contributed by atoms with Crippen LogP contribution in [0.2, 0.25) is 0 Å². The lowest BCUT2D eigenvalue weighted by Gasteiger charge is -2.32. The second kappa shape index (κ2) is 6.56. The summed E-state index contributed by atoms with van der Waals surface area (Å²) in [7, 11) is -2.07. The maximum Gasteiger partial charge on any atom is 0.247 e. The van der Waals surface area contributed by atoms with Gasteiger partial charge < -0.3 is 4.74 Å². The molecule has 2 rings (SSSR count). The predicted octanol–water partition coefficient (Wildman–Crippen LogP) is 2.56. The molecule has 0 saturated carbocycles. The van der Waals surface area contributed by atoms with Gasteiger partial charge in [0.2, 0.25) is 10.0 Å². The van der Waals surface area contributed by atoms with Crippen molar-refractivity contribution in [3.05, 3.63) is 23.8 Å². The van der Waals surface area contributed by atoms with Crippen molar-refractivity contribution in [2.24, 2.45) is 0 Å². The van der Waals surface area contributed by atoms with Crippen molar-refractivity contribution >= 4 is 33.4 Å². The van der Waals surface area contributed by atoms with E-state index in [2.05, 4.69) is 0 Å². The van der Waals surface area contributed by atoms with Gasteiger partial charge in [0.05, 0.1) is 7.11 Å². The van der Waals surface area contributed by atoms with E-state index in [1.165, 1.54) is 7.11 Å². The SMILES string of the molecule is COc1ccc(CCl)cc1S(=O)(=O)N1CCSCC1C. The van der Waals surface area contributed by atoms with Crippen LogP contribution in [-0.4, -0.2) is 43.9 Å². The molecule has 0 spiro atoms. The van der Waals surface area contributed by atoms with Crippen LogP contribution in [-0.2, 0) is 15.9 Å². The van der Waals surface area contributed by atoms with Crippen LogP contribution in [0.4, 0.5) is 0 Å². The molecule has 1 atom stereocenters. The van der Waals surface area contributed by atoms with E-state index in [0.717, 1.165) is 17.1 Å². The second-order valence-electron chi connectivity index (χ2n) is 4.66. The van der Waals surface area contributed by atoms with Gasteiger partial charge in [0.25, 0.3) is 0 Å². The molecule has 20 heavy (non-hydrogen) atoms. The standard InChI is InChI=1S/C13H18ClNO3S2/c1-10-9-19-6-5-15(10)20(16,17)13-7-11(8-14)3-4-12(13)18-2/h3-4,7,10H,5-6,8-9H2,1-2H3. The minimum Gasteiger partial charge on any atom is -0.495 e. The summed E-state index contributed by atoms with van der Waals surface area (Å²) < 4.78 is 32.4. The normalized spacial score (nSPS) is 20.9. The van der Waals surface area contributed by atoms with Gasteiger partial charge in [0, 0.05) is 30.0 Å². The first-order chi connectivity index (χ1) is 9.50. The van der Waals surface area contributed by atoms with Gasteiger partial charge in [0.15, 0.2) is 0 Å². The Kier molecular flexibility index (Phi) is 5.23. The fourth-order valence-corrected chi connectivity index (χ4v) is 5.43. The van der Waals surface area contributed by atoms with Crippen molar-refractivity contribution in [3.63, 3.8) is 0 Å². The molecule has 1 aliphatic heterocycles. The Morgan fingerprint density at radius 2 is 2.25 bits per heavy atom. The van der Waals surface area contributed by atoms with Crippen molar-refractivity contribution in [1.29, 1.82) is 0 Å². The zero-order valence-electron chi connectivity index (χ0n) is 11.5. The molecule has 0 bridgehead atoms. The Bertz CT molecular complexity index is 577. The Morgan fingerprint density at radius 1 is 1.50 bits per heavy atom. The number of rotatable bonds is 4. The number of thioether (sulfide) groups is 1. The van der Waals surface area contributed by atoms with Crippen LogP contribution in [0.1, 0.15) is 12.5 Å². The third-order valence-corrected chi connectivity index (χ3v) is 6.81. The summed E-state index contributed by atoms with van der Waals surface area (Å²) in [5, 5.41) is 0. The zero-order valence-corrected chi connectivity index (χ0v) is 13.9. The summed E-state index contributed by atoms with van der Waals surface area (Å²) in [6, 6.07) is 5.03. The Hall–Kier alpha value is -0.430. The number of hydrogen-bond donors (Lipinski definition) is 0. The number of halogens is 1. The number of nitrogens with zero attached hydrogens (tertiary/aromatic N) is 1. The Morgan fingerprint density at radius 3 is 2.85 bits per heavy atom. The van der Waals surface area contributed by atoms with Gasteiger partial charge in [-0.15, -0.1) is 11.6 Å². The van der Waals surface area contributed by atoms with Crippen LogP contribution in [0.5, 0.6) is 5.75 Å². The lowest BCUT2D eigenvalue weighted by Crippen LogP contribution is -2.44. The summed E-state index contributed by atoms with van der Waals surface area (Å²) in [6.45, 7) is 2.46. The maximum absolute atomic E-state index is 12.8. The van der Waals surface area contributed by atoms with Gasteiger partial charge in [-0.1, -0.05) is 6.07 Å². The molecule has 4 nitrogen and oxygen atoms in total. The lowest BCUT2D eigenvalue weighted by molar-refractivity contribution is 0.360. The summed E-state index contributed by atoms with van der Waals surface area (Å²) in [5.41, 5.74) is 0.769. The average Bonchev–Trinajstić information content (AvgIpc) is 2.46. The van der Waals surface area contributed by atoms with Crippen molar-refractivity contribution in [2.75, 3.05) is 25.2 Å². The van der Waals surface area contributed by atoms with Gasteiger partial charge in [-0.3, -0.25) is 0 Å². The summed E-state index contributed by atoms with van der Waals surface area (Å²) >= 11 is 7.58. The molecule has 1 aromatic rings. The lowest BCUT2D eigenvalue weighted by atomic mass is 10.2. The fourth-order valence-electron chi connectivity index (χ4n) is 2.20. The topological polar surface area (TPSA) is 46.6 Å². The van der Waals surface area contributed by atoms with Gasteiger partial charge in [0.1, 0.15) is 10.6 Å². The fraction of sp³-hybridized carbons (Fsp3) is 0.538. The van der Waals surface area contributed by atoms with Crippen molar-refractivity contribution < 1.29 is 13.2 Å². The molecule has 0 amide bonds. The number of ether oxygens (including phenoxy) is 1. The number of hydrogen-bond acceptors (Lipinski definition) is 4. The number of benzene rings is 1. The molecule has 0 aliphatic carbocycles. The van der Waals surface area contributed by atoms with E-state index in [4.69, 9.17) is 16.3 Å². The summed E-state index contributed by atoms with van der Waals surface area (Å²) in [4.78, 5) is 0.205. The third kappa shape index (κ3) is 3.08. The van der Waals surface area contributed by atoms with Crippen LogP contribution in [0.3, 0.4) is 0 Å². The van der Waals surface area contributed by atoms with E-state index < -0.39 is 10.0 Å². The van der Waals surface area contributed by atoms with Crippen LogP contribution in [0.15, 0.2) is 23.1 Å². The molecule has 0 N–H and O–H groups in total. The number of sulfonamides is 1. The van der Waals surface area contributed by atoms with Crippen LogP contribution < -0.4 is 4.74 Å². The van der Waals surface area contributed by atoms with E-state index >= 15 is 0 Å². The maximum atomic E-state index is 12.8. The smallest absolute Gasteiger partial charge is 0.247 e. The minimum absolute atomic E-state index is 0.0110. The van der Waals surface area contributed by atoms with Gasteiger partial charge in [-0.2, -0.15) is 16.1 Å². The molecular formula is C13H18ClNO3S2. The molecule has 1 saturated heterocycles. The largest absolute Gasteiger partial charge is 0.495 e. The van der Waals surface area contributed by atoms with Crippen LogP contribution >= 0.6 is 23.4 Å². The number of alkyl halides is 1. The molecule has 0 aromatic heterocycles. The molecule has 1 aromatic carbocycles. The van der Waals surface area contributed by atoms with E-state index in [0.29, 0.717) is 12.3 Å². The zero-order chi connectivity index (χ0) is 14.8. The van der Waals surface area contributed by atoms with Gasteiger partial charge in [-0.25, -0.2) is 8.42 Å². The van der Waals surface area contributed by atoms with Crippen molar-refractivity contribution in [1.82, 2.24) is 4.31 Å². The molecule has 1 fully saturated rings. The Labute approximate surface area is 129 Å². The molecule has 0 radical (unpaired) electrons. The average molecular weight is 336 g/mol. The highest BCUT2D eigenvalue weighted by Crippen LogP contribution is 2.31. The highest BCUT2D eigenvalue weighted by molar-refractivity contribution is 7.99. The monoisotopic (exact) mass is 335 g/mol. The summed E-state index contributed by atoms with van der Waals surface area (Å²) in [6.07, 6.45) is 0. The molecule has 1 unspecified atom stereocenters. The second-order valence-corrected chi connectivity index (χ2v) is 7.93. The van der Waals surface area contributed by atoms with Crippen molar-refractivity contribution in [3.8, 4) is 5.75 Å². The van der Waals surface area contributed by atoms with Gasteiger partial charge in [-0.05, 0) is 24.6 Å². The van der Waals surface area contributed by atoms with Gasteiger partial charge >= 0.3 is 0 Å². The highest BCUT2D eigenvalue weighted by atomic mass is 35.5. The molecular weight excluding hydrogens is 318 g/mol. The van der Waals surface area contributed by atoms with Crippen molar-refractivity contribution in [2.45, 2.75) is 23.7 Å². The first kappa shape index (κ1) is 15.9. The predicted molar refractivity (Wildman–Crippen MR) is 83.2 cm³/mol. The first-order valence-electron chi connectivity index (χ1n) is 6.33. The quantitative estimate of drug-likeness (QED) is 0.793. The van der Waals surface area contributed by atoms with E-state index in [1.807, 2.05) is 6.92 Å². The van der Waals surface area contributed by atoms with E-state index in [-0.39, 0.29) is 16.8 Å². The molecule has 112 valence electrons. The van der Waals surface area contributed by atoms with E-state index in [1.54, 1.807) is 34.3 Å². The molecule has 1 heterocycles. The van der Waals surface area contributed by atoms with Crippen LogP contribution in [0.25, 0.3) is 0 Å².